The molecule has 1 aliphatic carbocycles. The van der Waals surface area contributed by atoms with Gasteiger partial charge in [0.1, 0.15) is 0 Å². The molecule has 1 fully saturated rings. The van der Waals surface area contributed by atoms with E-state index in [0.29, 0.717) is 12.5 Å². The molecule has 0 bridgehead atoms. The van der Waals surface area contributed by atoms with Gasteiger partial charge in [0, 0.05) is 13.2 Å². The second-order valence-electron chi connectivity index (χ2n) is 5.69. The predicted octanol–water partition coefficient (Wildman–Crippen LogP) is 2.02. The van der Waals surface area contributed by atoms with E-state index >= 15 is 0 Å². The molecule has 1 aliphatic rings. The first kappa shape index (κ1) is 15.9. The van der Waals surface area contributed by atoms with Crippen molar-refractivity contribution < 1.29 is 4.74 Å². The van der Waals surface area contributed by atoms with Crippen LogP contribution in [0.3, 0.4) is 0 Å². The van der Waals surface area contributed by atoms with Crippen molar-refractivity contribution in [1.29, 1.82) is 0 Å². The van der Waals surface area contributed by atoms with Crippen molar-refractivity contribution in [3.8, 4) is 0 Å². The molecule has 5 nitrogen and oxygen atoms in total. The number of hydrogen-bond donors (Lipinski definition) is 1. The summed E-state index contributed by atoms with van der Waals surface area (Å²) in [7, 11) is 4.12. The Kier molecular flexibility index (Phi) is 5.60. The molecule has 0 aliphatic heterocycles. The van der Waals surface area contributed by atoms with E-state index in [1.807, 2.05) is 17.8 Å². The number of nitrogens with two attached hydrogens (primary N) is 1. The zero-order valence-corrected chi connectivity index (χ0v) is 14.1. The van der Waals surface area contributed by atoms with Crippen LogP contribution in [0.1, 0.15) is 31.5 Å². The molecule has 0 amide bonds. The van der Waals surface area contributed by atoms with Gasteiger partial charge in [0.05, 0.1) is 35.1 Å². The van der Waals surface area contributed by atoms with Crippen LogP contribution in [-0.4, -0.2) is 48.0 Å². The van der Waals surface area contributed by atoms with Gasteiger partial charge >= 0.3 is 0 Å². The molecule has 1 saturated carbocycles. The lowest BCUT2D eigenvalue weighted by Crippen LogP contribution is -2.33. The van der Waals surface area contributed by atoms with Gasteiger partial charge in [-0.2, -0.15) is 5.10 Å². The number of halogens is 1. The summed E-state index contributed by atoms with van der Waals surface area (Å²) >= 11 is 3.58. The van der Waals surface area contributed by atoms with Crippen LogP contribution in [0, 0.1) is 5.92 Å². The Hall–Kier alpha value is -0.430. The van der Waals surface area contributed by atoms with Crippen molar-refractivity contribution in [1.82, 2.24) is 14.7 Å². The van der Waals surface area contributed by atoms with Crippen LogP contribution in [0.15, 0.2) is 10.7 Å². The maximum atomic E-state index is 6.49. The molecular weight excluding hydrogens is 320 g/mol. The average Bonchev–Trinajstić information content (AvgIpc) is 3.16. The molecule has 0 saturated heterocycles. The molecule has 2 rings (SSSR count). The van der Waals surface area contributed by atoms with Crippen LogP contribution in [0.2, 0.25) is 0 Å². The highest BCUT2D eigenvalue weighted by Gasteiger charge is 2.38. The lowest BCUT2D eigenvalue weighted by atomic mass is 10.0. The van der Waals surface area contributed by atoms with Gasteiger partial charge in [-0.3, -0.25) is 4.68 Å². The Bertz CT molecular complexity index is 431. The number of aromatic nitrogens is 2. The summed E-state index contributed by atoms with van der Waals surface area (Å²) in [6, 6.07) is -0.124. The van der Waals surface area contributed by atoms with E-state index in [4.69, 9.17) is 10.5 Å². The lowest BCUT2D eigenvalue weighted by molar-refractivity contribution is 0.0261. The molecule has 0 aromatic carbocycles. The molecule has 0 spiro atoms. The van der Waals surface area contributed by atoms with Crippen molar-refractivity contribution in [2.45, 2.75) is 38.5 Å². The Morgan fingerprint density at radius 2 is 2.25 bits per heavy atom. The number of likely N-dealkylation sites (N-methyl/N-ethyl adjacent to an activating group) is 1. The largest absolute Gasteiger partial charge is 0.376 e. The Balaban J connectivity index is 2.14. The van der Waals surface area contributed by atoms with E-state index in [2.05, 4.69) is 40.0 Å². The minimum atomic E-state index is -0.124. The third-order valence-corrected chi connectivity index (χ3v) is 4.32. The van der Waals surface area contributed by atoms with Crippen LogP contribution >= 0.6 is 15.9 Å². The summed E-state index contributed by atoms with van der Waals surface area (Å²) in [6.07, 6.45) is 4.39. The first-order valence-electron chi connectivity index (χ1n) is 7.27. The molecule has 1 aromatic rings. The zero-order chi connectivity index (χ0) is 14.7. The molecule has 20 heavy (non-hydrogen) atoms. The number of nitrogens with zero attached hydrogens (tertiary/aromatic N) is 3. The van der Waals surface area contributed by atoms with Crippen LogP contribution in [-0.2, 0) is 11.3 Å². The van der Waals surface area contributed by atoms with Gasteiger partial charge in [-0.25, -0.2) is 0 Å². The minimum absolute atomic E-state index is 0.103. The summed E-state index contributed by atoms with van der Waals surface area (Å²) in [6.45, 7) is 4.51. The topological polar surface area (TPSA) is 56.3 Å². The first-order valence-corrected chi connectivity index (χ1v) is 8.07. The van der Waals surface area contributed by atoms with E-state index < -0.39 is 0 Å². The van der Waals surface area contributed by atoms with Crippen molar-refractivity contribution in [2.75, 3.05) is 27.2 Å². The van der Waals surface area contributed by atoms with E-state index in [9.17, 15) is 0 Å². The molecule has 1 heterocycles. The van der Waals surface area contributed by atoms with Crippen molar-refractivity contribution in [2.24, 2.45) is 11.7 Å². The summed E-state index contributed by atoms with van der Waals surface area (Å²) in [5.41, 5.74) is 7.54. The van der Waals surface area contributed by atoms with Gasteiger partial charge in [-0.1, -0.05) is 0 Å². The van der Waals surface area contributed by atoms with Gasteiger partial charge in [0.15, 0.2) is 0 Å². The normalized spacial score (nSPS) is 18.5. The Morgan fingerprint density at radius 3 is 2.80 bits per heavy atom. The predicted molar refractivity (Wildman–Crippen MR) is 83.5 cm³/mol. The van der Waals surface area contributed by atoms with Gasteiger partial charge in [0.2, 0.25) is 0 Å². The first-order chi connectivity index (χ1) is 9.54. The highest BCUT2D eigenvalue weighted by molar-refractivity contribution is 9.10. The molecule has 2 unspecified atom stereocenters. The molecule has 1 aromatic heterocycles. The molecule has 2 atom stereocenters. The summed E-state index contributed by atoms with van der Waals surface area (Å²) in [5.74, 6) is 0.606. The molecule has 6 heteroatoms. The molecule has 0 radical (unpaired) electrons. The highest BCUT2D eigenvalue weighted by Crippen LogP contribution is 2.40. The second kappa shape index (κ2) is 7.02. The SMILES string of the molecule is CCOC(C1CC1)C(N)c1c(Br)cnn1CCN(C)C. The summed E-state index contributed by atoms with van der Waals surface area (Å²) in [4.78, 5) is 2.14. The zero-order valence-electron chi connectivity index (χ0n) is 12.6. The van der Waals surface area contributed by atoms with Gasteiger partial charge in [0.25, 0.3) is 0 Å². The smallest absolute Gasteiger partial charge is 0.0811 e. The highest BCUT2D eigenvalue weighted by atomic mass is 79.9. The van der Waals surface area contributed by atoms with E-state index in [0.717, 1.165) is 23.3 Å². The Labute approximate surface area is 129 Å². The van der Waals surface area contributed by atoms with Crippen LogP contribution < -0.4 is 5.73 Å². The van der Waals surface area contributed by atoms with Crippen LogP contribution in [0.25, 0.3) is 0 Å². The monoisotopic (exact) mass is 344 g/mol. The average molecular weight is 345 g/mol. The third kappa shape index (κ3) is 3.81. The van der Waals surface area contributed by atoms with E-state index in [-0.39, 0.29) is 12.1 Å². The van der Waals surface area contributed by atoms with Crippen LogP contribution in [0.5, 0.6) is 0 Å². The number of ether oxygens (including phenoxy) is 1. The van der Waals surface area contributed by atoms with Crippen molar-refractivity contribution >= 4 is 15.9 Å². The van der Waals surface area contributed by atoms with Gasteiger partial charge in [-0.15, -0.1) is 0 Å². The maximum Gasteiger partial charge on any atom is 0.0811 e. The van der Waals surface area contributed by atoms with Gasteiger partial charge < -0.3 is 15.4 Å². The Morgan fingerprint density at radius 1 is 1.55 bits per heavy atom. The fraction of sp³-hybridized carbons (Fsp3) is 0.786. The van der Waals surface area contributed by atoms with Crippen molar-refractivity contribution in [3.05, 3.63) is 16.4 Å². The summed E-state index contributed by atoms with van der Waals surface area (Å²) < 4.78 is 8.87. The fourth-order valence-corrected chi connectivity index (χ4v) is 3.04. The molecular formula is C14H25BrN4O. The number of hydrogen-bond acceptors (Lipinski definition) is 4. The van der Waals surface area contributed by atoms with Crippen LogP contribution in [0.4, 0.5) is 0 Å². The van der Waals surface area contributed by atoms with Crippen molar-refractivity contribution in [3.63, 3.8) is 0 Å². The number of rotatable bonds is 8. The second-order valence-corrected chi connectivity index (χ2v) is 6.54. The summed E-state index contributed by atoms with van der Waals surface area (Å²) in [5, 5.41) is 4.44. The van der Waals surface area contributed by atoms with E-state index in [1.54, 1.807) is 0 Å². The fourth-order valence-electron chi connectivity index (χ4n) is 2.48. The third-order valence-electron chi connectivity index (χ3n) is 3.71. The lowest BCUT2D eigenvalue weighted by Gasteiger charge is -2.25. The molecule has 2 N–H and O–H groups in total. The molecule has 114 valence electrons. The standard InChI is InChI=1S/C14H25BrN4O/c1-4-20-14(10-5-6-10)12(16)13-11(15)9-17-19(13)8-7-18(2)3/h9-10,12,14H,4-8,16H2,1-3H3. The maximum absolute atomic E-state index is 6.49. The quantitative estimate of drug-likeness (QED) is 0.783. The van der Waals surface area contributed by atoms with Gasteiger partial charge in [-0.05, 0) is 55.7 Å². The minimum Gasteiger partial charge on any atom is -0.376 e. The van der Waals surface area contributed by atoms with E-state index in [1.165, 1.54) is 12.8 Å².